The van der Waals surface area contributed by atoms with Gasteiger partial charge in [-0.05, 0) is 13.5 Å². The van der Waals surface area contributed by atoms with Gasteiger partial charge in [-0.2, -0.15) is 0 Å². The molecule has 0 saturated carbocycles. The minimum atomic E-state index is 0.708. The first kappa shape index (κ1) is 16.0. The molecule has 1 rings (SSSR count). The van der Waals surface area contributed by atoms with Gasteiger partial charge in [-0.15, -0.1) is 0 Å². The lowest BCUT2D eigenvalue weighted by Gasteiger charge is -2.21. The van der Waals surface area contributed by atoms with Gasteiger partial charge in [0.2, 0.25) is 0 Å². The lowest BCUT2D eigenvalue weighted by molar-refractivity contribution is -0.107. The average Bonchev–Trinajstić information content (AvgIpc) is 2.24. The maximum absolute atomic E-state index is 9.40. The number of piperazine rings is 1. The smallest absolute Gasteiger partial charge is 0.119 e. The third-order valence-electron chi connectivity index (χ3n) is 1.75. The predicted octanol–water partition coefficient (Wildman–Crippen LogP) is 1.53. The summed E-state index contributed by atoms with van der Waals surface area (Å²) in [5.74, 6) is 0. The largest absolute Gasteiger partial charge is 0.314 e. The first-order valence-electron chi connectivity index (χ1n) is 5.64. The molecule has 1 aliphatic rings. The summed E-state index contributed by atoms with van der Waals surface area (Å²) >= 11 is 0. The van der Waals surface area contributed by atoms with Crippen molar-refractivity contribution in [2.45, 2.75) is 33.6 Å². The maximum atomic E-state index is 9.40. The standard InChI is InChI=1S/C5H12N2.C4H8O.C2H6/c1-7-4-2-6-3-5-7;1-2-3-4-5;1-2/h6H,2-5H2,1H3;4H,2-3H2,1H3;1-2H3. The summed E-state index contributed by atoms with van der Waals surface area (Å²) in [5, 5.41) is 3.27. The van der Waals surface area contributed by atoms with Crippen molar-refractivity contribution in [3.63, 3.8) is 0 Å². The van der Waals surface area contributed by atoms with Crippen LogP contribution in [0.1, 0.15) is 33.6 Å². The molecule has 1 N–H and O–H groups in total. The maximum Gasteiger partial charge on any atom is 0.119 e. The van der Waals surface area contributed by atoms with Gasteiger partial charge in [-0.3, -0.25) is 0 Å². The molecule has 0 unspecified atom stereocenters. The van der Waals surface area contributed by atoms with Crippen LogP contribution in [0.25, 0.3) is 0 Å². The lowest BCUT2D eigenvalue weighted by atomic mass is 10.4. The molecule has 1 aliphatic heterocycles. The second-order valence-corrected chi connectivity index (χ2v) is 3.01. The van der Waals surface area contributed by atoms with Gasteiger partial charge in [0, 0.05) is 32.6 Å². The van der Waals surface area contributed by atoms with Crippen LogP contribution in [0.4, 0.5) is 0 Å². The Morgan fingerprint density at radius 3 is 1.93 bits per heavy atom. The molecule has 0 atom stereocenters. The molecule has 0 spiro atoms. The SMILES string of the molecule is CC.CCCC=O.CN1CCNCC1. The molecule has 3 nitrogen and oxygen atoms in total. The molecule has 0 aliphatic carbocycles. The van der Waals surface area contributed by atoms with Gasteiger partial charge in [-0.25, -0.2) is 0 Å². The van der Waals surface area contributed by atoms with Gasteiger partial charge in [0.15, 0.2) is 0 Å². The van der Waals surface area contributed by atoms with Crippen molar-refractivity contribution in [3.8, 4) is 0 Å². The van der Waals surface area contributed by atoms with Crippen LogP contribution in [0.2, 0.25) is 0 Å². The molecule has 3 heteroatoms. The van der Waals surface area contributed by atoms with E-state index in [1.165, 1.54) is 13.1 Å². The zero-order chi connectivity index (χ0) is 11.2. The molecule has 1 saturated heterocycles. The summed E-state index contributed by atoms with van der Waals surface area (Å²) in [5.41, 5.74) is 0. The summed E-state index contributed by atoms with van der Waals surface area (Å²) < 4.78 is 0. The van der Waals surface area contributed by atoms with Crippen molar-refractivity contribution in [1.82, 2.24) is 10.2 Å². The molecular weight excluding hydrogens is 176 g/mol. The summed E-state index contributed by atoms with van der Waals surface area (Å²) in [6, 6.07) is 0. The van der Waals surface area contributed by atoms with E-state index < -0.39 is 0 Å². The number of aldehydes is 1. The van der Waals surface area contributed by atoms with Crippen LogP contribution in [0.5, 0.6) is 0 Å². The number of hydrogen-bond donors (Lipinski definition) is 1. The van der Waals surface area contributed by atoms with E-state index in [2.05, 4.69) is 17.3 Å². The van der Waals surface area contributed by atoms with E-state index in [0.717, 1.165) is 25.8 Å². The second-order valence-electron chi connectivity index (χ2n) is 3.01. The lowest BCUT2D eigenvalue weighted by Crippen LogP contribution is -2.40. The molecule has 0 radical (unpaired) electrons. The predicted molar refractivity (Wildman–Crippen MR) is 62.7 cm³/mol. The second kappa shape index (κ2) is 15.1. The Bertz CT molecular complexity index is 101. The van der Waals surface area contributed by atoms with Gasteiger partial charge in [0.1, 0.15) is 6.29 Å². The number of carbonyl (C=O) groups is 1. The minimum absolute atomic E-state index is 0.708. The molecule has 0 aromatic rings. The van der Waals surface area contributed by atoms with Crippen molar-refractivity contribution in [2.24, 2.45) is 0 Å². The van der Waals surface area contributed by atoms with Gasteiger partial charge in [0.05, 0.1) is 0 Å². The molecule has 0 amide bonds. The Kier molecular flexibility index (Phi) is 17.3. The molecular formula is C11H26N2O. The third-order valence-corrected chi connectivity index (χ3v) is 1.75. The fourth-order valence-electron chi connectivity index (χ4n) is 0.894. The highest BCUT2D eigenvalue weighted by molar-refractivity contribution is 5.48. The average molecular weight is 202 g/mol. The number of hydrogen-bond acceptors (Lipinski definition) is 3. The molecule has 0 bridgehead atoms. The van der Waals surface area contributed by atoms with Gasteiger partial charge >= 0.3 is 0 Å². The Morgan fingerprint density at radius 1 is 1.29 bits per heavy atom. The molecule has 86 valence electrons. The van der Waals surface area contributed by atoms with Gasteiger partial charge in [-0.1, -0.05) is 20.8 Å². The molecule has 14 heavy (non-hydrogen) atoms. The topological polar surface area (TPSA) is 32.3 Å². The quantitative estimate of drug-likeness (QED) is 0.689. The summed E-state index contributed by atoms with van der Waals surface area (Å²) in [4.78, 5) is 11.7. The Balaban J connectivity index is 0. The van der Waals surface area contributed by atoms with E-state index in [0.29, 0.717) is 6.42 Å². The van der Waals surface area contributed by atoms with Crippen molar-refractivity contribution >= 4 is 6.29 Å². The number of likely N-dealkylation sites (N-methyl/N-ethyl adjacent to an activating group) is 1. The number of rotatable bonds is 2. The van der Waals surface area contributed by atoms with Crippen LogP contribution < -0.4 is 5.32 Å². The number of nitrogens with zero attached hydrogens (tertiary/aromatic N) is 1. The Morgan fingerprint density at radius 2 is 1.79 bits per heavy atom. The van der Waals surface area contributed by atoms with Crippen LogP contribution in [-0.4, -0.2) is 44.4 Å². The molecule has 1 heterocycles. The van der Waals surface area contributed by atoms with E-state index in [1.807, 2.05) is 20.8 Å². The molecule has 0 aromatic carbocycles. The molecule has 1 fully saturated rings. The van der Waals surface area contributed by atoms with Crippen LogP contribution in [0, 0.1) is 0 Å². The Labute approximate surface area is 88.9 Å². The highest BCUT2D eigenvalue weighted by atomic mass is 16.1. The van der Waals surface area contributed by atoms with Crippen molar-refractivity contribution in [2.75, 3.05) is 33.2 Å². The normalized spacial score (nSPS) is 15.7. The zero-order valence-corrected chi connectivity index (χ0v) is 10.2. The molecule has 0 aromatic heterocycles. The summed E-state index contributed by atoms with van der Waals surface area (Å²) in [7, 11) is 2.15. The van der Waals surface area contributed by atoms with Gasteiger partial charge in [0.25, 0.3) is 0 Å². The monoisotopic (exact) mass is 202 g/mol. The van der Waals surface area contributed by atoms with Crippen molar-refractivity contribution < 1.29 is 4.79 Å². The fraction of sp³-hybridized carbons (Fsp3) is 0.909. The highest BCUT2D eigenvalue weighted by Crippen LogP contribution is 1.83. The number of nitrogens with one attached hydrogen (secondary N) is 1. The fourth-order valence-corrected chi connectivity index (χ4v) is 0.894. The van der Waals surface area contributed by atoms with Crippen LogP contribution in [-0.2, 0) is 4.79 Å². The van der Waals surface area contributed by atoms with Crippen LogP contribution in [0.15, 0.2) is 0 Å². The van der Waals surface area contributed by atoms with E-state index >= 15 is 0 Å². The van der Waals surface area contributed by atoms with Crippen molar-refractivity contribution in [1.29, 1.82) is 0 Å². The van der Waals surface area contributed by atoms with E-state index in [9.17, 15) is 4.79 Å². The van der Waals surface area contributed by atoms with Gasteiger partial charge < -0.3 is 15.0 Å². The van der Waals surface area contributed by atoms with E-state index in [1.54, 1.807) is 0 Å². The van der Waals surface area contributed by atoms with Crippen LogP contribution in [0.3, 0.4) is 0 Å². The first-order chi connectivity index (χ1) is 6.81. The first-order valence-corrected chi connectivity index (χ1v) is 5.64. The number of carbonyl (C=O) groups excluding carboxylic acids is 1. The third kappa shape index (κ3) is 14.1. The van der Waals surface area contributed by atoms with Crippen molar-refractivity contribution in [3.05, 3.63) is 0 Å². The number of unbranched alkanes of at least 4 members (excludes halogenated alkanes) is 1. The Hall–Kier alpha value is -0.410. The summed E-state index contributed by atoms with van der Waals surface area (Å²) in [6.45, 7) is 10.7. The summed E-state index contributed by atoms with van der Waals surface area (Å²) in [6.07, 6.45) is 2.61. The highest BCUT2D eigenvalue weighted by Gasteiger charge is 2.01. The minimum Gasteiger partial charge on any atom is -0.314 e. The zero-order valence-electron chi connectivity index (χ0n) is 10.2. The van der Waals surface area contributed by atoms with E-state index in [-0.39, 0.29) is 0 Å². The van der Waals surface area contributed by atoms with Crippen LogP contribution >= 0.6 is 0 Å². The van der Waals surface area contributed by atoms with E-state index in [4.69, 9.17) is 0 Å².